The van der Waals surface area contributed by atoms with Crippen LogP contribution in [0.2, 0.25) is 0 Å². The molecule has 0 radical (unpaired) electrons. The fourth-order valence-corrected chi connectivity index (χ4v) is 7.45. The van der Waals surface area contributed by atoms with Crippen molar-refractivity contribution in [2.75, 3.05) is 44.6 Å². The number of carbonyl (C=O) groups excluding carboxylic acids is 3. The summed E-state index contributed by atoms with van der Waals surface area (Å²) < 4.78 is 7.26. The van der Waals surface area contributed by atoms with E-state index in [2.05, 4.69) is 58.6 Å². The number of amides is 4. The molecule has 7 rings (SSSR count). The molecule has 2 aliphatic heterocycles. The van der Waals surface area contributed by atoms with E-state index in [-0.39, 0.29) is 53.9 Å². The van der Waals surface area contributed by atoms with Gasteiger partial charge in [-0.1, -0.05) is 91.0 Å². The number of rotatable bonds is 15. The predicted molar refractivity (Wildman–Crippen MR) is 217 cm³/mol. The first-order valence-corrected chi connectivity index (χ1v) is 19.8. The highest BCUT2D eigenvalue weighted by atomic mass is 16.6. The number of carbonyl (C=O) groups is 3. The first-order valence-electron chi connectivity index (χ1n) is 19.8. The smallest absolute Gasteiger partial charge is 0.315 e. The van der Waals surface area contributed by atoms with Crippen LogP contribution < -0.4 is 26.6 Å². The van der Waals surface area contributed by atoms with Gasteiger partial charge >= 0.3 is 6.03 Å². The van der Waals surface area contributed by atoms with Crippen LogP contribution in [0.25, 0.3) is 11.2 Å². The summed E-state index contributed by atoms with van der Waals surface area (Å²) in [6.07, 6.45) is -2.56. The van der Waals surface area contributed by atoms with E-state index in [0.29, 0.717) is 13.1 Å². The van der Waals surface area contributed by atoms with Gasteiger partial charge in [0.05, 0.1) is 6.33 Å². The Hall–Kier alpha value is -5.94. The number of aliphatic hydroxyl groups is 2. The molecule has 3 aromatic carbocycles. The molecular weight excluding hydrogens is 741 g/mol. The summed E-state index contributed by atoms with van der Waals surface area (Å²) in [5.41, 5.74) is 3.82. The molecule has 16 nitrogen and oxygen atoms in total. The van der Waals surface area contributed by atoms with Crippen molar-refractivity contribution in [3.8, 4) is 0 Å². The van der Waals surface area contributed by atoms with Crippen LogP contribution in [0.3, 0.4) is 0 Å². The number of urea groups is 1. The van der Waals surface area contributed by atoms with Gasteiger partial charge in [-0.15, -0.1) is 0 Å². The van der Waals surface area contributed by atoms with Crippen molar-refractivity contribution in [1.82, 2.24) is 45.7 Å². The zero-order valence-electron chi connectivity index (χ0n) is 32.3. The van der Waals surface area contributed by atoms with Crippen LogP contribution in [0.4, 0.5) is 10.6 Å². The predicted octanol–water partition coefficient (Wildman–Crippen LogP) is 2.52. The van der Waals surface area contributed by atoms with Gasteiger partial charge in [-0.3, -0.25) is 19.1 Å². The average molecular weight is 791 g/mol. The minimum atomic E-state index is -1.52. The Balaban J connectivity index is 1.03. The molecule has 304 valence electrons. The number of likely N-dealkylation sites (tertiary alicyclic amines) is 1. The molecule has 2 saturated heterocycles. The third-order valence-electron chi connectivity index (χ3n) is 10.5. The van der Waals surface area contributed by atoms with Crippen molar-refractivity contribution in [3.63, 3.8) is 0 Å². The van der Waals surface area contributed by atoms with Crippen molar-refractivity contribution in [3.05, 3.63) is 120 Å². The van der Waals surface area contributed by atoms with Crippen molar-refractivity contribution >= 4 is 34.8 Å². The lowest BCUT2D eigenvalue weighted by Gasteiger charge is -2.32. The number of fused-ring (bicyclic) bond motifs is 1. The van der Waals surface area contributed by atoms with Crippen LogP contribution >= 0.6 is 0 Å². The Bertz CT molecular complexity index is 2090. The van der Waals surface area contributed by atoms with Gasteiger partial charge in [0, 0.05) is 57.8 Å². The third kappa shape index (κ3) is 9.59. The number of benzene rings is 3. The summed E-state index contributed by atoms with van der Waals surface area (Å²) >= 11 is 0. The van der Waals surface area contributed by atoms with Crippen LogP contribution in [0.1, 0.15) is 59.2 Å². The third-order valence-corrected chi connectivity index (χ3v) is 10.5. The molecule has 2 fully saturated rings. The van der Waals surface area contributed by atoms with Crippen LogP contribution in [0.5, 0.6) is 0 Å². The molecule has 7 N–H and O–H groups in total. The fraction of sp³-hybridized carbons (Fsp3) is 0.381. The fourth-order valence-electron chi connectivity index (χ4n) is 7.45. The van der Waals surface area contributed by atoms with Crippen LogP contribution in [0.15, 0.2) is 97.3 Å². The summed E-state index contributed by atoms with van der Waals surface area (Å²) in [6.45, 7) is 5.33. The van der Waals surface area contributed by atoms with Crippen molar-refractivity contribution in [2.24, 2.45) is 0 Å². The molecule has 0 spiro atoms. The van der Waals surface area contributed by atoms with Gasteiger partial charge < -0.3 is 41.5 Å². The Morgan fingerprint density at radius 2 is 1.47 bits per heavy atom. The van der Waals surface area contributed by atoms with Gasteiger partial charge in [-0.05, 0) is 36.5 Å². The van der Waals surface area contributed by atoms with Gasteiger partial charge in [0.2, 0.25) is 5.82 Å². The molecule has 4 heterocycles. The zero-order valence-corrected chi connectivity index (χ0v) is 32.3. The minimum absolute atomic E-state index is 0.0562. The normalized spacial score (nSPS) is 19.9. The van der Waals surface area contributed by atoms with E-state index >= 15 is 0 Å². The number of likely N-dealkylation sites (N-methyl/N-ethyl adjacent to an activating group) is 1. The second-order valence-corrected chi connectivity index (χ2v) is 14.5. The molecule has 58 heavy (non-hydrogen) atoms. The Kier molecular flexibility index (Phi) is 13.2. The lowest BCUT2D eigenvalue weighted by molar-refractivity contribution is -0.137. The first kappa shape index (κ1) is 40.3. The number of imidazole rings is 1. The lowest BCUT2D eigenvalue weighted by Crippen LogP contribution is -2.48. The molecule has 2 aromatic heterocycles. The number of ether oxygens (including phenoxy) is 1. The van der Waals surface area contributed by atoms with Gasteiger partial charge in [0.25, 0.3) is 11.8 Å². The molecule has 16 heteroatoms. The first-order chi connectivity index (χ1) is 28.3. The van der Waals surface area contributed by atoms with E-state index in [1.165, 1.54) is 16.5 Å². The maximum Gasteiger partial charge on any atom is 0.315 e. The van der Waals surface area contributed by atoms with E-state index in [1.807, 2.05) is 78.9 Å². The second kappa shape index (κ2) is 19.0. The van der Waals surface area contributed by atoms with E-state index in [0.717, 1.165) is 43.6 Å². The number of aromatic nitrogens is 4. The molecule has 4 atom stereocenters. The van der Waals surface area contributed by atoms with Gasteiger partial charge in [-0.2, -0.15) is 0 Å². The number of aliphatic hydroxyl groups excluding tert-OH is 2. The lowest BCUT2D eigenvalue weighted by atomic mass is 9.91. The Morgan fingerprint density at radius 1 is 0.828 bits per heavy atom. The van der Waals surface area contributed by atoms with Gasteiger partial charge in [0.15, 0.2) is 29.3 Å². The minimum Gasteiger partial charge on any atom is -0.387 e. The van der Waals surface area contributed by atoms with E-state index < -0.39 is 36.4 Å². The number of piperidine rings is 1. The molecule has 4 amide bonds. The monoisotopic (exact) mass is 790 g/mol. The number of hydrogen-bond donors (Lipinski definition) is 7. The molecule has 0 unspecified atom stereocenters. The molecule has 0 aliphatic carbocycles. The van der Waals surface area contributed by atoms with Crippen LogP contribution in [0, 0.1) is 0 Å². The molecule has 0 saturated carbocycles. The van der Waals surface area contributed by atoms with E-state index in [4.69, 9.17) is 4.74 Å². The average Bonchev–Trinajstić information content (AvgIpc) is 3.81. The highest BCUT2D eigenvalue weighted by molar-refractivity contribution is 5.94. The Labute approximate surface area is 336 Å². The number of hydrogen-bond acceptors (Lipinski definition) is 11. The van der Waals surface area contributed by atoms with Gasteiger partial charge in [-0.25, -0.2) is 19.7 Å². The van der Waals surface area contributed by atoms with E-state index in [1.54, 1.807) is 6.92 Å². The highest BCUT2D eigenvalue weighted by Crippen LogP contribution is 2.33. The van der Waals surface area contributed by atoms with Crippen molar-refractivity contribution < 1.29 is 29.3 Å². The maximum absolute atomic E-state index is 13.6. The summed E-state index contributed by atoms with van der Waals surface area (Å²) in [4.78, 5) is 55.1. The number of nitrogens with one attached hydrogen (secondary N) is 5. The van der Waals surface area contributed by atoms with E-state index in [9.17, 15) is 24.6 Å². The van der Waals surface area contributed by atoms with Crippen LogP contribution in [-0.2, 0) is 16.1 Å². The zero-order chi connectivity index (χ0) is 40.4. The molecule has 2 aliphatic rings. The summed E-state index contributed by atoms with van der Waals surface area (Å²) in [5, 5.41) is 36.4. The number of nitrogens with zero attached hydrogens (tertiary/aromatic N) is 5. The maximum atomic E-state index is 13.6. The van der Waals surface area contributed by atoms with Crippen molar-refractivity contribution in [2.45, 2.75) is 62.8 Å². The standard InChI is InChI=1S/C42H50N10O6/c1-2-43-39(55)35-33(53)34(54)41(58-35)52-26-47-32-36(46-24-31(28-14-8-4-9-15-28)29-16-10-5-11-17-29)49-37(50-38(32)52)40(56)44-20-21-45-42(57)48-30-18-22-51(23-19-30)25-27-12-6-3-7-13-27/h3-17,26,30-31,33-35,41,53-54H,2,18-25H2,1H3,(H,43,55)(H,44,56)(H2,45,48,57)(H,46,49,50)/t33-,34+,35-,41+/m0/s1. The summed E-state index contributed by atoms with van der Waals surface area (Å²) in [5.74, 6) is -1.23. The molecular formula is C42H50N10O6. The molecule has 0 bridgehead atoms. The van der Waals surface area contributed by atoms with Crippen LogP contribution in [-0.4, -0.2) is 116 Å². The van der Waals surface area contributed by atoms with Gasteiger partial charge in [0.1, 0.15) is 12.2 Å². The highest BCUT2D eigenvalue weighted by Gasteiger charge is 2.47. The topological polar surface area (TPSA) is 208 Å². The summed E-state index contributed by atoms with van der Waals surface area (Å²) in [7, 11) is 0. The second-order valence-electron chi connectivity index (χ2n) is 14.5. The SMILES string of the molecule is CCNC(=O)[C@H]1O[C@@H](n2cnc3c(NCC(c4ccccc4)c4ccccc4)nc(C(=O)NCCNC(=O)NC4CCN(Cc5ccccc5)CC4)nc32)[C@H](O)[C@@H]1O. The number of anilines is 1. The summed E-state index contributed by atoms with van der Waals surface area (Å²) in [6, 6.07) is 30.1. The van der Waals surface area contributed by atoms with Crippen molar-refractivity contribution in [1.29, 1.82) is 0 Å². The largest absolute Gasteiger partial charge is 0.387 e. The molecule has 5 aromatic rings. The Morgan fingerprint density at radius 3 is 2.12 bits per heavy atom. The quantitative estimate of drug-likeness (QED) is 0.0767.